The van der Waals surface area contributed by atoms with E-state index >= 15 is 0 Å². The summed E-state index contributed by atoms with van der Waals surface area (Å²) in [7, 11) is 1.33. The molecule has 174 valence electrons. The number of ether oxygens (including phenoxy) is 1. The first-order valence-corrected chi connectivity index (χ1v) is 11.2. The van der Waals surface area contributed by atoms with E-state index in [-0.39, 0.29) is 5.91 Å². The quantitative estimate of drug-likeness (QED) is 0.402. The van der Waals surface area contributed by atoms with Gasteiger partial charge in [-0.1, -0.05) is 18.2 Å². The van der Waals surface area contributed by atoms with Crippen molar-refractivity contribution in [3.05, 3.63) is 99.3 Å². The summed E-state index contributed by atoms with van der Waals surface area (Å²) >= 11 is 0. The van der Waals surface area contributed by atoms with Gasteiger partial charge in [0.15, 0.2) is 0 Å². The predicted octanol–water partition coefficient (Wildman–Crippen LogP) is 4.98. The average Bonchev–Trinajstić information content (AvgIpc) is 3.22. The van der Waals surface area contributed by atoms with Crippen molar-refractivity contribution in [2.75, 3.05) is 7.11 Å². The van der Waals surface area contributed by atoms with Crippen LogP contribution in [0.2, 0.25) is 0 Å². The second-order valence-corrected chi connectivity index (χ2v) is 8.71. The lowest BCUT2D eigenvalue weighted by molar-refractivity contribution is -0.136. The standard InChI is InChI=1S/C28H29N3O3/c1-17-9-10-18(2)25(12-17)31-19(3)13-23(20(31)4)14-24-26(28(33)34-6)21(5)30(27(24)32)16-22-8-7-11-29-15-22/h7-15H,16H2,1-6H3/b24-14-. The molecule has 3 heterocycles. The van der Waals surface area contributed by atoms with Crippen LogP contribution in [-0.2, 0) is 20.9 Å². The monoisotopic (exact) mass is 455 g/mol. The van der Waals surface area contributed by atoms with Gasteiger partial charge in [0.25, 0.3) is 5.91 Å². The molecule has 0 saturated heterocycles. The van der Waals surface area contributed by atoms with Crippen molar-refractivity contribution >= 4 is 18.0 Å². The Bertz CT molecular complexity index is 1350. The summed E-state index contributed by atoms with van der Waals surface area (Å²) < 4.78 is 7.23. The molecule has 0 saturated carbocycles. The van der Waals surface area contributed by atoms with E-state index in [0.717, 1.165) is 33.8 Å². The first-order valence-electron chi connectivity index (χ1n) is 11.2. The molecule has 6 heteroatoms. The van der Waals surface area contributed by atoms with Gasteiger partial charge in [0.1, 0.15) is 0 Å². The second kappa shape index (κ2) is 9.14. The maximum absolute atomic E-state index is 13.5. The molecule has 3 aromatic rings. The van der Waals surface area contributed by atoms with Crippen LogP contribution in [0.4, 0.5) is 0 Å². The number of esters is 1. The molecule has 2 aromatic heterocycles. The molecule has 34 heavy (non-hydrogen) atoms. The Kier molecular flexibility index (Phi) is 6.24. The van der Waals surface area contributed by atoms with Gasteiger partial charge in [-0.3, -0.25) is 9.78 Å². The number of aryl methyl sites for hydroxylation is 3. The highest BCUT2D eigenvalue weighted by molar-refractivity contribution is 6.16. The molecule has 1 aromatic carbocycles. The Morgan fingerprint density at radius 2 is 1.85 bits per heavy atom. The molecule has 0 N–H and O–H groups in total. The van der Waals surface area contributed by atoms with Crippen LogP contribution >= 0.6 is 0 Å². The zero-order chi connectivity index (χ0) is 24.6. The zero-order valence-electron chi connectivity index (χ0n) is 20.5. The minimum atomic E-state index is -0.519. The molecule has 0 atom stereocenters. The molecule has 0 spiro atoms. The Balaban J connectivity index is 1.81. The summed E-state index contributed by atoms with van der Waals surface area (Å²) in [6, 6.07) is 12.2. The molecule has 0 fully saturated rings. The summed E-state index contributed by atoms with van der Waals surface area (Å²) in [6.07, 6.45) is 5.22. The number of benzene rings is 1. The van der Waals surface area contributed by atoms with Crippen LogP contribution < -0.4 is 0 Å². The molecule has 0 unspecified atom stereocenters. The largest absolute Gasteiger partial charge is 0.465 e. The van der Waals surface area contributed by atoms with Crippen molar-refractivity contribution in [3.8, 4) is 5.69 Å². The Morgan fingerprint density at radius 3 is 2.53 bits per heavy atom. The SMILES string of the molecule is COC(=O)C1=C(C)N(Cc2cccnc2)C(=O)/C1=C\c1cc(C)n(-c2cc(C)ccc2C)c1C. The highest BCUT2D eigenvalue weighted by Crippen LogP contribution is 2.34. The Morgan fingerprint density at radius 1 is 1.09 bits per heavy atom. The number of hydrogen-bond donors (Lipinski definition) is 0. The molecule has 0 aliphatic carbocycles. The molecule has 4 rings (SSSR count). The third-order valence-electron chi connectivity index (χ3n) is 6.34. The highest BCUT2D eigenvalue weighted by atomic mass is 16.5. The van der Waals surface area contributed by atoms with Gasteiger partial charge in [0, 0.05) is 35.2 Å². The summed E-state index contributed by atoms with van der Waals surface area (Å²) in [5.74, 6) is -0.743. The molecular formula is C28H29N3O3. The van der Waals surface area contributed by atoms with Gasteiger partial charge in [-0.15, -0.1) is 0 Å². The van der Waals surface area contributed by atoms with E-state index < -0.39 is 5.97 Å². The van der Waals surface area contributed by atoms with Crippen LogP contribution in [0.5, 0.6) is 0 Å². The number of nitrogens with zero attached hydrogens (tertiary/aromatic N) is 3. The van der Waals surface area contributed by atoms with Crippen LogP contribution in [0.15, 0.2) is 65.6 Å². The number of rotatable bonds is 5. The fourth-order valence-electron chi connectivity index (χ4n) is 4.51. The molecular weight excluding hydrogens is 426 g/mol. The highest BCUT2D eigenvalue weighted by Gasteiger charge is 2.37. The van der Waals surface area contributed by atoms with E-state index in [1.807, 2.05) is 38.1 Å². The lowest BCUT2D eigenvalue weighted by Gasteiger charge is -2.17. The topological polar surface area (TPSA) is 64.4 Å². The lowest BCUT2D eigenvalue weighted by atomic mass is 10.0. The number of methoxy groups -OCH3 is 1. The summed E-state index contributed by atoms with van der Waals surface area (Å²) in [5.41, 5.74) is 8.49. The van der Waals surface area contributed by atoms with Crippen molar-refractivity contribution in [1.82, 2.24) is 14.5 Å². The van der Waals surface area contributed by atoms with Crippen LogP contribution in [0, 0.1) is 27.7 Å². The van der Waals surface area contributed by atoms with Crippen molar-refractivity contribution in [2.24, 2.45) is 0 Å². The van der Waals surface area contributed by atoms with Gasteiger partial charge in [-0.2, -0.15) is 0 Å². The minimum Gasteiger partial charge on any atom is -0.465 e. The fraction of sp³-hybridized carbons (Fsp3) is 0.250. The van der Waals surface area contributed by atoms with Gasteiger partial charge in [-0.05, 0) is 81.1 Å². The van der Waals surface area contributed by atoms with Crippen LogP contribution in [0.3, 0.4) is 0 Å². The number of carbonyl (C=O) groups is 2. The Labute approximate surface area is 200 Å². The molecule has 1 amide bonds. The maximum Gasteiger partial charge on any atom is 0.340 e. The van der Waals surface area contributed by atoms with E-state index in [4.69, 9.17) is 4.74 Å². The number of hydrogen-bond acceptors (Lipinski definition) is 4. The van der Waals surface area contributed by atoms with Crippen LogP contribution in [-0.4, -0.2) is 33.4 Å². The minimum absolute atomic E-state index is 0.224. The smallest absolute Gasteiger partial charge is 0.340 e. The summed E-state index contributed by atoms with van der Waals surface area (Å²) in [6.45, 7) is 10.3. The predicted molar refractivity (Wildman–Crippen MR) is 132 cm³/mol. The molecule has 1 aliphatic rings. The number of amides is 1. The fourth-order valence-corrected chi connectivity index (χ4v) is 4.51. The lowest BCUT2D eigenvalue weighted by Crippen LogP contribution is -2.24. The van der Waals surface area contributed by atoms with E-state index in [0.29, 0.717) is 23.4 Å². The van der Waals surface area contributed by atoms with Crippen molar-refractivity contribution in [2.45, 2.75) is 41.2 Å². The molecule has 6 nitrogen and oxygen atoms in total. The average molecular weight is 456 g/mol. The van der Waals surface area contributed by atoms with E-state index in [1.165, 1.54) is 12.7 Å². The first-order chi connectivity index (χ1) is 16.2. The van der Waals surface area contributed by atoms with Gasteiger partial charge < -0.3 is 14.2 Å². The maximum atomic E-state index is 13.5. The van der Waals surface area contributed by atoms with Gasteiger partial charge in [0.2, 0.25) is 0 Å². The van der Waals surface area contributed by atoms with E-state index in [2.05, 4.69) is 41.6 Å². The van der Waals surface area contributed by atoms with Crippen molar-refractivity contribution < 1.29 is 14.3 Å². The molecule has 0 radical (unpaired) electrons. The van der Waals surface area contributed by atoms with E-state index in [1.54, 1.807) is 24.2 Å². The van der Waals surface area contributed by atoms with Crippen molar-refractivity contribution in [1.29, 1.82) is 0 Å². The normalized spacial score (nSPS) is 14.9. The van der Waals surface area contributed by atoms with Crippen LogP contribution in [0.1, 0.15) is 40.6 Å². The summed E-state index contributed by atoms with van der Waals surface area (Å²) in [5, 5.41) is 0. The van der Waals surface area contributed by atoms with Crippen LogP contribution in [0.25, 0.3) is 11.8 Å². The number of allylic oxidation sites excluding steroid dienone is 1. The Hall–Kier alpha value is -3.93. The number of aromatic nitrogens is 2. The van der Waals surface area contributed by atoms with Gasteiger partial charge in [0.05, 0.1) is 24.8 Å². The summed E-state index contributed by atoms with van der Waals surface area (Å²) in [4.78, 5) is 32.0. The second-order valence-electron chi connectivity index (χ2n) is 8.71. The molecule has 0 bridgehead atoms. The van der Waals surface area contributed by atoms with Crippen molar-refractivity contribution in [3.63, 3.8) is 0 Å². The number of pyridine rings is 1. The van der Waals surface area contributed by atoms with E-state index in [9.17, 15) is 9.59 Å². The first kappa shape index (κ1) is 23.2. The zero-order valence-corrected chi connectivity index (χ0v) is 20.5. The molecule has 1 aliphatic heterocycles. The number of carbonyl (C=O) groups excluding carboxylic acids is 2. The third-order valence-corrected chi connectivity index (χ3v) is 6.34. The van der Waals surface area contributed by atoms with Gasteiger partial charge >= 0.3 is 5.97 Å². The third kappa shape index (κ3) is 4.07. The van der Waals surface area contributed by atoms with Gasteiger partial charge in [-0.25, -0.2) is 4.79 Å².